The van der Waals surface area contributed by atoms with E-state index in [2.05, 4.69) is 57.5 Å². The first-order valence-corrected chi connectivity index (χ1v) is 14.0. The Labute approximate surface area is 224 Å². The fraction of sp³-hybridized carbons (Fsp3) is 0.222. The summed E-state index contributed by atoms with van der Waals surface area (Å²) in [7, 11) is 0. The number of thiophene rings is 1. The summed E-state index contributed by atoms with van der Waals surface area (Å²) >= 11 is 6.34. The molecule has 184 valence electrons. The van der Waals surface area contributed by atoms with E-state index in [1.165, 1.54) is 22.7 Å². The number of rotatable bonds is 5. The van der Waals surface area contributed by atoms with E-state index in [4.69, 9.17) is 4.74 Å². The molecule has 4 aromatic rings. The van der Waals surface area contributed by atoms with Crippen molar-refractivity contribution in [1.82, 2.24) is 9.13 Å². The van der Waals surface area contributed by atoms with Crippen molar-refractivity contribution in [3.8, 4) is 5.69 Å². The van der Waals surface area contributed by atoms with Gasteiger partial charge in [0.2, 0.25) is 0 Å². The molecular formula is C27H24BrN3O3S2. The number of carbonyl (C=O) groups excluding carboxylic acids is 1. The third kappa shape index (κ3) is 4.25. The number of hydrogen-bond acceptors (Lipinski definition) is 6. The number of allylic oxidation sites excluding steroid dienone is 1. The predicted molar refractivity (Wildman–Crippen MR) is 148 cm³/mol. The molecule has 5 rings (SSSR count). The van der Waals surface area contributed by atoms with Crippen LogP contribution in [0.25, 0.3) is 11.8 Å². The van der Waals surface area contributed by atoms with Crippen LogP contribution in [0, 0.1) is 13.8 Å². The van der Waals surface area contributed by atoms with Gasteiger partial charge in [-0.1, -0.05) is 33.3 Å². The molecule has 36 heavy (non-hydrogen) atoms. The summed E-state index contributed by atoms with van der Waals surface area (Å²) < 4.78 is 10.7. The van der Waals surface area contributed by atoms with E-state index in [0.29, 0.717) is 20.6 Å². The van der Waals surface area contributed by atoms with Gasteiger partial charge in [0.1, 0.15) is 6.04 Å². The number of aromatic nitrogens is 2. The van der Waals surface area contributed by atoms with E-state index < -0.39 is 12.0 Å². The van der Waals surface area contributed by atoms with Gasteiger partial charge < -0.3 is 9.30 Å². The van der Waals surface area contributed by atoms with Gasteiger partial charge in [0, 0.05) is 26.4 Å². The van der Waals surface area contributed by atoms with Crippen LogP contribution < -0.4 is 14.9 Å². The highest BCUT2D eigenvalue weighted by Gasteiger charge is 2.33. The summed E-state index contributed by atoms with van der Waals surface area (Å²) in [6.45, 7) is 7.93. The molecule has 9 heteroatoms. The summed E-state index contributed by atoms with van der Waals surface area (Å²) in [5, 5.41) is 1.94. The SMILES string of the molecule is CCOC(=O)C1=C(C)N=c2sc(=Cc3cc(C)n(-c4ccc(Br)cc4)c3C)c(=O)n2C1c1cccs1. The molecule has 0 spiro atoms. The van der Waals surface area contributed by atoms with Crippen molar-refractivity contribution in [2.45, 2.75) is 33.7 Å². The lowest BCUT2D eigenvalue weighted by molar-refractivity contribution is -0.139. The molecule has 3 aromatic heterocycles. The molecule has 1 aromatic carbocycles. The minimum absolute atomic E-state index is 0.167. The second kappa shape index (κ2) is 9.80. The number of benzene rings is 1. The number of aryl methyl sites for hydroxylation is 1. The van der Waals surface area contributed by atoms with Gasteiger partial charge in [-0.3, -0.25) is 9.36 Å². The topological polar surface area (TPSA) is 65.6 Å². The highest BCUT2D eigenvalue weighted by atomic mass is 79.9. The first-order valence-electron chi connectivity index (χ1n) is 11.5. The Morgan fingerprint density at radius 2 is 1.94 bits per heavy atom. The zero-order chi connectivity index (χ0) is 25.6. The van der Waals surface area contributed by atoms with Crippen LogP contribution in [0.1, 0.15) is 41.7 Å². The molecule has 0 bridgehead atoms. The van der Waals surface area contributed by atoms with E-state index in [9.17, 15) is 9.59 Å². The number of fused-ring (bicyclic) bond motifs is 1. The average Bonchev–Trinajstić information content (AvgIpc) is 3.54. The Hall–Kier alpha value is -3.01. The van der Waals surface area contributed by atoms with Crippen molar-refractivity contribution in [2.75, 3.05) is 6.61 Å². The van der Waals surface area contributed by atoms with Gasteiger partial charge in [-0.15, -0.1) is 11.3 Å². The molecule has 0 saturated carbocycles. The molecule has 0 saturated heterocycles. The molecule has 1 atom stereocenters. The van der Waals surface area contributed by atoms with Crippen LogP contribution in [-0.4, -0.2) is 21.7 Å². The van der Waals surface area contributed by atoms with Crippen LogP contribution in [-0.2, 0) is 9.53 Å². The Morgan fingerprint density at radius 1 is 1.19 bits per heavy atom. The zero-order valence-electron chi connectivity index (χ0n) is 20.2. The lowest BCUT2D eigenvalue weighted by atomic mass is 10.0. The lowest BCUT2D eigenvalue weighted by Crippen LogP contribution is -2.39. The van der Waals surface area contributed by atoms with Crippen LogP contribution in [0.2, 0.25) is 0 Å². The summed E-state index contributed by atoms with van der Waals surface area (Å²) in [6, 6.07) is 13.5. The third-order valence-electron chi connectivity index (χ3n) is 6.17. The molecule has 4 heterocycles. The van der Waals surface area contributed by atoms with E-state index in [1.807, 2.05) is 35.7 Å². The minimum atomic E-state index is -0.558. The van der Waals surface area contributed by atoms with Crippen molar-refractivity contribution in [3.05, 3.63) is 105 Å². The van der Waals surface area contributed by atoms with Crippen LogP contribution in [0.3, 0.4) is 0 Å². The Morgan fingerprint density at radius 3 is 2.61 bits per heavy atom. The van der Waals surface area contributed by atoms with Crippen molar-refractivity contribution in [2.24, 2.45) is 4.99 Å². The number of carbonyl (C=O) groups is 1. The molecule has 6 nitrogen and oxygen atoms in total. The van der Waals surface area contributed by atoms with E-state index in [-0.39, 0.29) is 12.2 Å². The minimum Gasteiger partial charge on any atom is -0.463 e. The highest BCUT2D eigenvalue weighted by molar-refractivity contribution is 9.10. The maximum absolute atomic E-state index is 13.8. The number of nitrogens with zero attached hydrogens (tertiary/aromatic N) is 3. The molecule has 0 fully saturated rings. The fourth-order valence-electron chi connectivity index (χ4n) is 4.57. The van der Waals surface area contributed by atoms with Crippen molar-refractivity contribution >= 4 is 50.6 Å². The van der Waals surface area contributed by atoms with Gasteiger partial charge in [0.15, 0.2) is 4.80 Å². The van der Waals surface area contributed by atoms with Crippen LogP contribution in [0.15, 0.2) is 73.4 Å². The zero-order valence-corrected chi connectivity index (χ0v) is 23.5. The van der Waals surface area contributed by atoms with Gasteiger partial charge in [0.25, 0.3) is 5.56 Å². The Balaban J connectivity index is 1.67. The maximum atomic E-state index is 13.8. The predicted octanol–water partition coefficient (Wildman–Crippen LogP) is 5.03. The molecular weight excluding hydrogens is 558 g/mol. The molecule has 0 aliphatic carbocycles. The number of esters is 1. The summed E-state index contributed by atoms with van der Waals surface area (Å²) in [4.78, 5) is 32.8. The van der Waals surface area contributed by atoms with Crippen molar-refractivity contribution < 1.29 is 9.53 Å². The fourth-order valence-corrected chi connectivity index (χ4v) is 6.70. The Bertz CT molecular complexity index is 1670. The van der Waals surface area contributed by atoms with Gasteiger partial charge in [-0.05, 0) is 81.1 Å². The molecule has 0 radical (unpaired) electrons. The number of ether oxygens (including phenoxy) is 1. The maximum Gasteiger partial charge on any atom is 0.338 e. The van der Waals surface area contributed by atoms with Gasteiger partial charge in [-0.25, -0.2) is 9.79 Å². The monoisotopic (exact) mass is 581 g/mol. The normalized spacial score (nSPS) is 15.7. The van der Waals surface area contributed by atoms with E-state index in [1.54, 1.807) is 18.4 Å². The molecule has 0 amide bonds. The first-order chi connectivity index (χ1) is 17.3. The molecule has 0 N–H and O–H groups in total. The number of halogens is 1. The standard InChI is InChI=1S/C27H24BrN3O3S2/c1-5-34-26(33)23-16(3)29-27-31(24(23)21-7-6-12-35-21)25(32)22(36-27)14-18-13-15(2)30(17(18)4)20-10-8-19(28)9-11-20/h6-14,24H,5H2,1-4H3. The largest absolute Gasteiger partial charge is 0.463 e. The Kier molecular flexibility index (Phi) is 6.72. The van der Waals surface area contributed by atoms with Crippen LogP contribution >= 0.6 is 38.6 Å². The van der Waals surface area contributed by atoms with Gasteiger partial charge in [0.05, 0.1) is 22.4 Å². The number of thiazole rings is 1. The van der Waals surface area contributed by atoms with Crippen molar-refractivity contribution in [1.29, 1.82) is 0 Å². The molecule has 1 aliphatic rings. The second-order valence-electron chi connectivity index (χ2n) is 8.46. The highest BCUT2D eigenvalue weighted by Crippen LogP contribution is 2.33. The van der Waals surface area contributed by atoms with Crippen molar-refractivity contribution in [3.63, 3.8) is 0 Å². The molecule has 1 aliphatic heterocycles. The van der Waals surface area contributed by atoms with E-state index >= 15 is 0 Å². The summed E-state index contributed by atoms with van der Waals surface area (Å²) in [5.74, 6) is -0.440. The smallest absolute Gasteiger partial charge is 0.338 e. The van der Waals surface area contributed by atoms with Gasteiger partial charge in [-0.2, -0.15) is 0 Å². The summed E-state index contributed by atoms with van der Waals surface area (Å²) in [5.41, 5.74) is 4.96. The lowest BCUT2D eigenvalue weighted by Gasteiger charge is -2.23. The molecule has 1 unspecified atom stereocenters. The quantitative estimate of drug-likeness (QED) is 0.310. The van der Waals surface area contributed by atoms with Crippen LogP contribution in [0.4, 0.5) is 0 Å². The first kappa shape index (κ1) is 24.7. The van der Waals surface area contributed by atoms with Gasteiger partial charge >= 0.3 is 5.97 Å². The van der Waals surface area contributed by atoms with Crippen LogP contribution in [0.5, 0.6) is 0 Å². The number of hydrogen-bond donors (Lipinski definition) is 0. The average molecular weight is 583 g/mol. The second-order valence-corrected chi connectivity index (χ2v) is 11.4. The summed E-state index contributed by atoms with van der Waals surface area (Å²) in [6.07, 6.45) is 1.93. The van der Waals surface area contributed by atoms with E-state index in [0.717, 1.165) is 32.0 Å². The third-order valence-corrected chi connectivity index (χ3v) is 8.61.